The number of piperazine rings is 1. The molecule has 1 unspecified atom stereocenters. The van der Waals surface area contributed by atoms with Crippen LogP contribution in [0.15, 0.2) is 54.0 Å². The zero-order chi connectivity index (χ0) is 27.1. The Kier molecular flexibility index (Phi) is 6.72. The highest BCUT2D eigenvalue weighted by Crippen LogP contribution is 2.33. The van der Waals surface area contributed by atoms with Gasteiger partial charge in [-0.3, -0.25) is 14.2 Å². The van der Waals surface area contributed by atoms with E-state index in [1.807, 2.05) is 23.1 Å². The lowest BCUT2D eigenvalue weighted by atomic mass is 9.88. The molecule has 0 spiro atoms. The lowest BCUT2D eigenvalue weighted by molar-refractivity contribution is -0.125. The first-order valence-corrected chi connectivity index (χ1v) is 13.7. The number of benzene rings is 1. The molecule has 1 N–H and O–H groups in total. The molecule has 3 saturated heterocycles. The number of anilines is 4. The molecule has 0 aliphatic carbocycles. The van der Waals surface area contributed by atoms with Crippen molar-refractivity contribution in [3.05, 3.63) is 59.5 Å². The number of hydrogen-bond acceptors (Lipinski definition) is 8. The van der Waals surface area contributed by atoms with Gasteiger partial charge in [-0.2, -0.15) is 4.98 Å². The predicted molar refractivity (Wildman–Crippen MR) is 155 cm³/mol. The molecule has 10 nitrogen and oxygen atoms in total. The average Bonchev–Trinajstić information content (AvgIpc) is 3.39. The van der Waals surface area contributed by atoms with Gasteiger partial charge in [0.15, 0.2) is 0 Å². The molecule has 204 valence electrons. The lowest BCUT2D eigenvalue weighted by Crippen LogP contribution is -2.44. The van der Waals surface area contributed by atoms with E-state index in [0.29, 0.717) is 35.7 Å². The number of nitrogens with one attached hydrogen (secondary N) is 1. The molecular formula is C29H36N8O2. The van der Waals surface area contributed by atoms with Crippen LogP contribution in [0, 0.1) is 11.8 Å². The van der Waals surface area contributed by atoms with E-state index in [0.717, 1.165) is 63.3 Å². The highest BCUT2D eigenvalue weighted by molar-refractivity contribution is 5.87. The molecule has 1 aromatic carbocycles. The zero-order valence-electron chi connectivity index (χ0n) is 22.7. The van der Waals surface area contributed by atoms with Crippen molar-refractivity contribution in [3.63, 3.8) is 0 Å². The summed E-state index contributed by atoms with van der Waals surface area (Å²) < 4.78 is 1.61. The van der Waals surface area contributed by atoms with Gasteiger partial charge in [-0.25, -0.2) is 4.98 Å². The first-order chi connectivity index (χ1) is 18.9. The molecule has 3 fully saturated rings. The van der Waals surface area contributed by atoms with Gasteiger partial charge in [-0.05, 0) is 61.7 Å². The summed E-state index contributed by atoms with van der Waals surface area (Å²) in [4.78, 5) is 43.6. The van der Waals surface area contributed by atoms with Gasteiger partial charge in [-0.15, -0.1) is 0 Å². The van der Waals surface area contributed by atoms with Gasteiger partial charge < -0.3 is 24.9 Å². The molecule has 3 aliphatic heterocycles. The van der Waals surface area contributed by atoms with Crippen LogP contribution in [0.3, 0.4) is 0 Å². The third-order valence-electron chi connectivity index (χ3n) is 8.55. The van der Waals surface area contributed by atoms with E-state index in [2.05, 4.69) is 55.7 Å². The van der Waals surface area contributed by atoms with E-state index in [4.69, 9.17) is 0 Å². The van der Waals surface area contributed by atoms with Gasteiger partial charge in [0.05, 0.1) is 0 Å². The van der Waals surface area contributed by atoms with Gasteiger partial charge in [-0.1, -0.05) is 6.58 Å². The zero-order valence-corrected chi connectivity index (χ0v) is 22.7. The number of nitrogens with zero attached hydrogens (tertiary/aromatic N) is 7. The third-order valence-corrected chi connectivity index (χ3v) is 8.55. The smallest absolute Gasteiger partial charge is 0.275 e. The van der Waals surface area contributed by atoms with Crippen LogP contribution in [0.2, 0.25) is 0 Å². The minimum Gasteiger partial charge on any atom is -0.369 e. The second-order valence-electron chi connectivity index (χ2n) is 11.0. The summed E-state index contributed by atoms with van der Waals surface area (Å²) in [6.07, 6.45) is 4.12. The largest absolute Gasteiger partial charge is 0.369 e. The standard InChI is InChI=1S/C29H36N8O2/c1-4-26(38)37-17-20-9-10-36(18-22(20)19-37)25-15-21-16-30-29(32-27(21)34(3)28(25)39)31-23-5-7-24(8-6-23)35-13-11-33(2)12-14-35/h4-8,15-16,20,22H,1,9-14,17-19H2,2-3H3,(H,30,31,32)/t20-,22?/m0/s1. The molecule has 5 heterocycles. The van der Waals surface area contributed by atoms with E-state index in [9.17, 15) is 9.59 Å². The highest BCUT2D eigenvalue weighted by Gasteiger charge is 2.38. The number of pyridine rings is 1. The fourth-order valence-corrected chi connectivity index (χ4v) is 6.16. The van der Waals surface area contributed by atoms with Crippen LogP contribution in [0.4, 0.5) is 23.0 Å². The first-order valence-electron chi connectivity index (χ1n) is 13.7. The van der Waals surface area contributed by atoms with Gasteiger partial charge >= 0.3 is 0 Å². The molecule has 0 saturated carbocycles. The molecular weight excluding hydrogens is 492 g/mol. The normalized spacial score (nSPS) is 21.7. The summed E-state index contributed by atoms with van der Waals surface area (Å²) in [5.41, 5.74) is 3.30. The average molecular weight is 529 g/mol. The van der Waals surface area contributed by atoms with Crippen molar-refractivity contribution in [1.29, 1.82) is 0 Å². The number of carbonyl (C=O) groups excluding carboxylic acids is 1. The quantitative estimate of drug-likeness (QED) is 0.505. The summed E-state index contributed by atoms with van der Waals surface area (Å²) in [6, 6.07) is 10.2. The van der Waals surface area contributed by atoms with Crippen molar-refractivity contribution < 1.29 is 4.79 Å². The third kappa shape index (κ3) is 4.96. The molecule has 0 bridgehead atoms. The monoisotopic (exact) mass is 528 g/mol. The van der Waals surface area contributed by atoms with E-state index in [-0.39, 0.29) is 11.5 Å². The Balaban J connectivity index is 1.18. The highest BCUT2D eigenvalue weighted by atomic mass is 16.2. The second kappa shape index (κ2) is 10.3. The maximum atomic E-state index is 13.4. The number of likely N-dealkylation sites (N-methyl/N-ethyl adjacent to an activating group) is 1. The topological polar surface area (TPSA) is 89.8 Å². The molecule has 2 aromatic heterocycles. The molecule has 3 aliphatic rings. The van der Waals surface area contributed by atoms with Crippen LogP contribution in [0.5, 0.6) is 0 Å². The van der Waals surface area contributed by atoms with Gasteiger partial charge in [0.1, 0.15) is 11.3 Å². The maximum Gasteiger partial charge on any atom is 0.275 e. The Labute approximate surface area is 228 Å². The summed E-state index contributed by atoms with van der Waals surface area (Å²) in [5.74, 6) is 1.28. The van der Waals surface area contributed by atoms with Crippen molar-refractivity contribution in [3.8, 4) is 0 Å². The Bertz CT molecular complexity index is 1440. The maximum absolute atomic E-state index is 13.4. The number of carbonyl (C=O) groups is 1. The number of fused-ring (bicyclic) bond motifs is 2. The minimum atomic E-state index is -0.0702. The Hall–Kier alpha value is -3.92. The van der Waals surface area contributed by atoms with Gasteiger partial charge in [0.2, 0.25) is 11.9 Å². The number of amides is 1. The molecule has 6 rings (SSSR count). The van der Waals surface area contributed by atoms with Crippen molar-refractivity contribution in [2.45, 2.75) is 6.42 Å². The number of hydrogen-bond donors (Lipinski definition) is 1. The Morgan fingerprint density at radius 3 is 2.49 bits per heavy atom. The van der Waals surface area contributed by atoms with Crippen LogP contribution in [-0.4, -0.2) is 89.6 Å². The van der Waals surface area contributed by atoms with E-state index < -0.39 is 0 Å². The fraction of sp³-hybridized carbons (Fsp3) is 0.448. The summed E-state index contributed by atoms with van der Waals surface area (Å²) in [6.45, 7) is 10.9. The van der Waals surface area contributed by atoms with Crippen molar-refractivity contribution in [1.82, 2.24) is 24.3 Å². The van der Waals surface area contributed by atoms with E-state index in [1.165, 1.54) is 11.8 Å². The molecule has 1 amide bonds. The predicted octanol–water partition coefficient (Wildman–Crippen LogP) is 2.29. The van der Waals surface area contributed by atoms with Crippen molar-refractivity contribution in [2.24, 2.45) is 18.9 Å². The number of likely N-dealkylation sites (tertiary alicyclic amines) is 1. The second-order valence-corrected chi connectivity index (χ2v) is 11.0. The Morgan fingerprint density at radius 2 is 1.74 bits per heavy atom. The summed E-state index contributed by atoms with van der Waals surface area (Å²) >= 11 is 0. The SMILES string of the molecule is C=CC(=O)N1CC2CN(c3cc4cnc(Nc5ccc(N6CCN(C)CC6)cc5)nc4n(C)c3=O)CC[C@H]2C1. The molecule has 0 radical (unpaired) electrons. The number of aryl methyl sites for hydroxylation is 1. The van der Waals surface area contributed by atoms with Crippen LogP contribution >= 0.6 is 0 Å². The van der Waals surface area contributed by atoms with Gasteiger partial charge in [0, 0.05) is 82.4 Å². The lowest BCUT2D eigenvalue weighted by Gasteiger charge is -2.35. The Morgan fingerprint density at radius 1 is 1.00 bits per heavy atom. The number of piperidine rings is 1. The van der Waals surface area contributed by atoms with Crippen LogP contribution < -0.4 is 20.7 Å². The molecule has 2 atom stereocenters. The number of rotatable bonds is 5. The van der Waals surface area contributed by atoms with Gasteiger partial charge in [0.25, 0.3) is 5.56 Å². The van der Waals surface area contributed by atoms with E-state index in [1.54, 1.807) is 17.8 Å². The fourth-order valence-electron chi connectivity index (χ4n) is 6.16. The first kappa shape index (κ1) is 25.4. The molecule has 39 heavy (non-hydrogen) atoms. The summed E-state index contributed by atoms with van der Waals surface area (Å²) in [7, 11) is 3.92. The number of aromatic nitrogens is 3. The van der Waals surface area contributed by atoms with Crippen LogP contribution in [0.25, 0.3) is 11.0 Å². The minimum absolute atomic E-state index is 0.00916. The molecule has 10 heteroatoms. The summed E-state index contributed by atoms with van der Waals surface area (Å²) in [5, 5.41) is 4.11. The van der Waals surface area contributed by atoms with Crippen LogP contribution in [-0.2, 0) is 11.8 Å². The van der Waals surface area contributed by atoms with E-state index >= 15 is 0 Å². The molecule has 3 aromatic rings. The van der Waals surface area contributed by atoms with Crippen molar-refractivity contribution in [2.75, 3.05) is 74.5 Å². The van der Waals surface area contributed by atoms with Crippen molar-refractivity contribution >= 4 is 40.0 Å². The van der Waals surface area contributed by atoms with Crippen LogP contribution in [0.1, 0.15) is 6.42 Å².